The fourth-order valence-electron chi connectivity index (χ4n) is 3.33. The highest BCUT2D eigenvalue weighted by Gasteiger charge is 2.24. The molecule has 29 heavy (non-hydrogen) atoms. The van der Waals surface area contributed by atoms with E-state index < -0.39 is 0 Å². The number of nitrogens with zero attached hydrogens (tertiary/aromatic N) is 4. The van der Waals surface area contributed by atoms with Gasteiger partial charge in [0.25, 0.3) is 0 Å². The lowest BCUT2D eigenvalue weighted by molar-refractivity contribution is 0.216. The summed E-state index contributed by atoms with van der Waals surface area (Å²) in [6.07, 6.45) is 0. The molecule has 2 heterocycles. The van der Waals surface area contributed by atoms with Gasteiger partial charge in [-0.1, -0.05) is 65.8 Å². The van der Waals surface area contributed by atoms with Gasteiger partial charge < -0.3 is 4.52 Å². The van der Waals surface area contributed by atoms with Crippen LogP contribution < -0.4 is 0 Å². The molecule has 148 valence electrons. The second kappa shape index (κ2) is 8.68. The number of aromatic nitrogens is 3. The van der Waals surface area contributed by atoms with Crippen LogP contribution in [-0.2, 0) is 6.54 Å². The maximum absolute atomic E-state index is 5.63. The highest BCUT2D eigenvalue weighted by Crippen LogP contribution is 2.30. The Morgan fingerprint density at radius 2 is 1.59 bits per heavy atom. The lowest BCUT2D eigenvalue weighted by atomic mass is 9.91. The van der Waals surface area contributed by atoms with Gasteiger partial charge in [-0.3, -0.25) is 4.90 Å². The van der Waals surface area contributed by atoms with E-state index in [1.807, 2.05) is 43.3 Å². The Hall–Kier alpha value is -2.83. The van der Waals surface area contributed by atoms with E-state index in [0.717, 1.165) is 21.8 Å². The molecular formula is C23H24N4OS. The fourth-order valence-corrected chi connectivity index (χ4v) is 4.25. The first kappa shape index (κ1) is 19.5. The molecule has 0 spiro atoms. The van der Waals surface area contributed by atoms with E-state index in [4.69, 9.17) is 9.51 Å². The van der Waals surface area contributed by atoms with Crippen LogP contribution in [0, 0.1) is 6.92 Å². The zero-order chi connectivity index (χ0) is 20.2. The van der Waals surface area contributed by atoms with Crippen molar-refractivity contribution in [1.29, 1.82) is 0 Å². The van der Waals surface area contributed by atoms with Crippen molar-refractivity contribution in [3.05, 3.63) is 99.6 Å². The maximum Gasteiger partial charge on any atom is 0.240 e. The number of hydrogen-bond acceptors (Lipinski definition) is 6. The molecular weight excluding hydrogens is 380 g/mol. The highest BCUT2D eigenvalue weighted by atomic mass is 32.1. The predicted octanol–water partition coefficient (Wildman–Crippen LogP) is 5.21. The Labute approximate surface area is 175 Å². The molecule has 1 atom stereocenters. The summed E-state index contributed by atoms with van der Waals surface area (Å²) in [6.45, 7) is 4.74. The Bertz CT molecular complexity index is 1010. The van der Waals surface area contributed by atoms with Gasteiger partial charge in [0.2, 0.25) is 5.89 Å². The molecule has 0 N–H and O–H groups in total. The number of hydrogen-bond donors (Lipinski definition) is 0. The smallest absolute Gasteiger partial charge is 0.240 e. The van der Waals surface area contributed by atoms with Gasteiger partial charge in [-0.15, -0.1) is 11.3 Å². The van der Waals surface area contributed by atoms with Crippen molar-refractivity contribution in [3.63, 3.8) is 0 Å². The van der Waals surface area contributed by atoms with E-state index in [-0.39, 0.29) is 12.0 Å². The van der Waals surface area contributed by atoms with Gasteiger partial charge in [0.1, 0.15) is 5.01 Å². The van der Waals surface area contributed by atoms with Gasteiger partial charge in [-0.2, -0.15) is 4.98 Å². The van der Waals surface area contributed by atoms with Gasteiger partial charge in [-0.25, -0.2) is 4.98 Å². The van der Waals surface area contributed by atoms with Crippen LogP contribution in [0.4, 0.5) is 0 Å². The Morgan fingerprint density at radius 3 is 2.14 bits per heavy atom. The highest BCUT2D eigenvalue weighted by molar-refractivity contribution is 7.09. The van der Waals surface area contributed by atoms with Gasteiger partial charge in [-0.05, 0) is 32.0 Å². The van der Waals surface area contributed by atoms with Gasteiger partial charge in [0.05, 0.1) is 18.5 Å². The standard InChI is InChI=1S/C23H24N4OS/c1-16-15-29-23(24-16)17(2)27(3)14-20-25-22(26-28-20)21(18-10-6-4-7-11-18)19-12-8-5-9-13-19/h4-13,15,17,21H,14H2,1-3H3/t17-/m1/s1. The first-order valence-electron chi connectivity index (χ1n) is 9.66. The summed E-state index contributed by atoms with van der Waals surface area (Å²) in [4.78, 5) is 11.5. The van der Waals surface area contributed by atoms with E-state index in [0.29, 0.717) is 18.3 Å². The molecule has 0 aliphatic heterocycles. The van der Waals surface area contributed by atoms with E-state index in [9.17, 15) is 0 Å². The summed E-state index contributed by atoms with van der Waals surface area (Å²) >= 11 is 1.68. The summed E-state index contributed by atoms with van der Waals surface area (Å²) < 4.78 is 5.63. The summed E-state index contributed by atoms with van der Waals surface area (Å²) in [5.74, 6) is 1.24. The minimum absolute atomic E-state index is 0.0563. The first-order chi connectivity index (χ1) is 14.1. The topological polar surface area (TPSA) is 55.1 Å². The third kappa shape index (κ3) is 4.44. The maximum atomic E-state index is 5.63. The van der Waals surface area contributed by atoms with Crippen molar-refractivity contribution in [2.45, 2.75) is 32.4 Å². The van der Waals surface area contributed by atoms with Crippen molar-refractivity contribution in [1.82, 2.24) is 20.0 Å². The average Bonchev–Trinajstić information content (AvgIpc) is 3.38. The van der Waals surface area contributed by atoms with Crippen molar-refractivity contribution < 1.29 is 4.52 Å². The van der Waals surface area contributed by atoms with E-state index >= 15 is 0 Å². The molecule has 0 saturated heterocycles. The SMILES string of the molecule is Cc1csc([C@@H](C)N(C)Cc2nc(C(c3ccccc3)c3ccccc3)no2)n1. The molecule has 0 radical (unpaired) electrons. The molecule has 0 fully saturated rings. The minimum Gasteiger partial charge on any atom is -0.338 e. The van der Waals surface area contributed by atoms with E-state index in [2.05, 4.69) is 58.7 Å². The first-order valence-corrected chi connectivity index (χ1v) is 10.5. The third-order valence-electron chi connectivity index (χ3n) is 5.05. The summed E-state index contributed by atoms with van der Waals surface area (Å²) in [7, 11) is 2.05. The zero-order valence-corrected chi connectivity index (χ0v) is 17.6. The zero-order valence-electron chi connectivity index (χ0n) is 16.8. The number of thiazole rings is 1. The molecule has 5 nitrogen and oxygen atoms in total. The molecule has 0 aliphatic carbocycles. The minimum atomic E-state index is -0.0563. The molecule has 6 heteroatoms. The van der Waals surface area contributed by atoms with Gasteiger partial charge in [0, 0.05) is 11.1 Å². The number of rotatable bonds is 7. The fraction of sp³-hybridized carbons (Fsp3) is 0.261. The molecule has 0 amide bonds. The normalized spacial score (nSPS) is 12.6. The molecule has 0 aliphatic rings. The Kier molecular flexibility index (Phi) is 5.83. The molecule has 2 aromatic heterocycles. The summed E-state index contributed by atoms with van der Waals surface area (Å²) in [5, 5.41) is 7.50. The van der Waals surface area contributed by atoms with Crippen molar-refractivity contribution in [2.75, 3.05) is 7.05 Å². The Balaban J connectivity index is 1.57. The quantitative estimate of drug-likeness (QED) is 0.423. The van der Waals surface area contributed by atoms with Crippen LogP contribution in [0.25, 0.3) is 0 Å². The monoisotopic (exact) mass is 404 g/mol. The number of benzene rings is 2. The van der Waals surface area contributed by atoms with Crippen molar-refractivity contribution in [2.24, 2.45) is 0 Å². The molecule has 0 saturated carbocycles. The molecule has 4 aromatic rings. The second-order valence-corrected chi connectivity index (χ2v) is 8.11. The summed E-state index contributed by atoms with van der Waals surface area (Å²) in [6, 6.07) is 20.8. The van der Waals surface area contributed by atoms with Crippen LogP contribution in [0.15, 0.2) is 70.6 Å². The Morgan fingerprint density at radius 1 is 0.966 bits per heavy atom. The third-order valence-corrected chi connectivity index (χ3v) is 6.18. The molecule has 2 aromatic carbocycles. The lowest BCUT2D eigenvalue weighted by Gasteiger charge is -2.20. The van der Waals surface area contributed by atoms with Crippen LogP contribution in [0.3, 0.4) is 0 Å². The van der Waals surface area contributed by atoms with Crippen LogP contribution in [0.2, 0.25) is 0 Å². The van der Waals surface area contributed by atoms with Crippen LogP contribution in [-0.4, -0.2) is 27.1 Å². The largest absolute Gasteiger partial charge is 0.338 e. The molecule has 0 bridgehead atoms. The van der Waals surface area contributed by atoms with Crippen molar-refractivity contribution >= 4 is 11.3 Å². The summed E-state index contributed by atoms with van der Waals surface area (Å²) in [5.41, 5.74) is 3.34. The lowest BCUT2D eigenvalue weighted by Crippen LogP contribution is -2.22. The molecule has 4 rings (SSSR count). The number of aryl methyl sites for hydroxylation is 1. The molecule has 0 unspecified atom stereocenters. The van der Waals surface area contributed by atoms with Gasteiger partial charge >= 0.3 is 0 Å². The average molecular weight is 405 g/mol. The van der Waals surface area contributed by atoms with Crippen LogP contribution >= 0.6 is 11.3 Å². The second-order valence-electron chi connectivity index (χ2n) is 7.22. The van der Waals surface area contributed by atoms with Crippen LogP contribution in [0.5, 0.6) is 0 Å². The van der Waals surface area contributed by atoms with E-state index in [1.54, 1.807) is 11.3 Å². The predicted molar refractivity (Wildman–Crippen MR) is 115 cm³/mol. The van der Waals surface area contributed by atoms with Crippen LogP contribution in [0.1, 0.15) is 52.4 Å². The van der Waals surface area contributed by atoms with Crippen molar-refractivity contribution in [3.8, 4) is 0 Å². The van der Waals surface area contributed by atoms with Gasteiger partial charge in [0.15, 0.2) is 5.82 Å². The van der Waals surface area contributed by atoms with E-state index in [1.165, 1.54) is 0 Å².